The Morgan fingerprint density at radius 1 is 0.929 bits per heavy atom. The van der Waals surface area contributed by atoms with E-state index in [-0.39, 0.29) is 17.1 Å². The summed E-state index contributed by atoms with van der Waals surface area (Å²) in [5.41, 5.74) is 4.27. The number of rotatable bonds is 2. The number of benzene rings is 2. The minimum absolute atomic E-state index is 0.0803. The molecule has 0 fully saturated rings. The lowest BCUT2D eigenvalue weighted by atomic mass is 10.1. The Morgan fingerprint density at radius 3 is 1.75 bits per heavy atom. The molecule has 1 aliphatic rings. The van der Waals surface area contributed by atoms with Crippen molar-refractivity contribution in [2.75, 3.05) is 5.01 Å². The first-order chi connectivity index (χ1) is 13.1. The molecule has 0 radical (unpaired) electrons. The SMILES string of the molecule is CC1=NN(c2ccc([N+](=O)[O-])cc2)C(=O)C1=S(=O)=O.Cc1cc(C)cc(C)c1. The van der Waals surface area contributed by atoms with Gasteiger partial charge >= 0.3 is 0 Å². The van der Waals surface area contributed by atoms with Crippen LogP contribution in [0.3, 0.4) is 0 Å². The van der Waals surface area contributed by atoms with E-state index >= 15 is 0 Å². The van der Waals surface area contributed by atoms with Crippen LogP contribution in [-0.4, -0.2) is 29.8 Å². The summed E-state index contributed by atoms with van der Waals surface area (Å²) in [5.74, 6) is -0.778. The zero-order valence-electron chi connectivity index (χ0n) is 15.8. The summed E-state index contributed by atoms with van der Waals surface area (Å²) < 4.78 is 21.8. The zero-order chi connectivity index (χ0) is 21.0. The van der Waals surface area contributed by atoms with Crippen LogP contribution in [0.15, 0.2) is 47.6 Å². The summed E-state index contributed by atoms with van der Waals surface area (Å²) in [6.07, 6.45) is 0. The number of aryl methyl sites for hydroxylation is 3. The van der Waals surface area contributed by atoms with Crippen LogP contribution < -0.4 is 5.01 Å². The first kappa shape index (κ1) is 21.0. The maximum absolute atomic E-state index is 11.8. The number of hydrazone groups is 1. The Morgan fingerprint density at radius 2 is 1.39 bits per heavy atom. The number of hydrogen-bond acceptors (Lipinski definition) is 6. The molecule has 3 rings (SSSR count). The molecule has 0 N–H and O–H groups in total. The van der Waals surface area contributed by atoms with Crippen molar-refractivity contribution in [3.05, 3.63) is 69.3 Å². The normalized spacial score (nSPS) is 13.0. The van der Waals surface area contributed by atoms with Gasteiger partial charge in [-0.25, -0.2) is 0 Å². The summed E-state index contributed by atoms with van der Waals surface area (Å²) >= 11 is 0. The number of carbonyl (C=O) groups is 1. The Labute approximate surface area is 163 Å². The first-order valence-corrected chi connectivity index (χ1v) is 9.33. The van der Waals surface area contributed by atoms with Gasteiger partial charge in [-0.1, -0.05) is 34.9 Å². The van der Waals surface area contributed by atoms with Crippen molar-refractivity contribution in [1.29, 1.82) is 0 Å². The van der Waals surface area contributed by atoms with Crippen LogP contribution in [0.5, 0.6) is 0 Å². The lowest BCUT2D eigenvalue weighted by molar-refractivity contribution is -0.384. The number of nitrogens with zero attached hydrogens (tertiary/aromatic N) is 3. The van der Waals surface area contributed by atoms with E-state index in [1.807, 2.05) is 0 Å². The summed E-state index contributed by atoms with van der Waals surface area (Å²) in [4.78, 5) is 21.3. The fourth-order valence-corrected chi connectivity index (χ4v) is 3.29. The Kier molecular flexibility index (Phi) is 6.42. The van der Waals surface area contributed by atoms with E-state index in [9.17, 15) is 23.3 Å². The van der Waals surface area contributed by atoms with Crippen molar-refractivity contribution in [3.63, 3.8) is 0 Å². The lowest BCUT2D eigenvalue weighted by Crippen LogP contribution is -2.27. The van der Waals surface area contributed by atoms with Crippen molar-refractivity contribution < 1.29 is 18.1 Å². The predicted octanol–water partition coefficient (Wildman–Crippen LogP) is 2.98. The van der Waals surface area contributed by atoms with Crippen molar-refractivity contribution >= 4 is 38.2 Å². The van der Waals surface area contributed by atoms with Gasteiger partial charge < -0.3 is 0 Å². The van der Waals surface area contributed by atoms with Crippen LogP contribution in [-0.2, 0) is 15.1 Å². The number of non-ortho nitro benzene ring substituents is 1. The molecule has 146 valence electrons. The molecule has 0 aliphatic carbocycles. The second-order valence-corrected chi connectivity index (χ2v) is 7.18. The van der Waals surface area contributed by atoms with Gasteiger partial charge in [0.15, 0.2) is 4.86 Å². The average Bonchev–Trinajstić information content (AvgIpc) is 2.88. The number of hydrogen-bond donors (Lipinski definition) is 0. The molecule has 1 amide bonds. The number of nitro benzene ring substituents is 1. The van der Waals surface area contributed by atoms with Crippen molar-refractivity contribution in [3.8, 4) is 0 Å². The first-order valence-electron chi connectivity index (χ1n) is 8.25. The fraction of sp³-hybridized carbons (Fsp3) is 0.211. The van der Waals surface area contributed by atoms with Crippen LogP contribution >= 0.6 is 0 Å². The van der Waals surface area contributed by atoms with Gasteiger partial charge in [-0.3, -0.25) is 14.9 Å². The quantitative estimate of drug-likeness (QED) is 0.436. The monoisotopic (exact) mass is 401 g/mol. The van der Waals surface area contributed by atoms with E-state index in [1.165, 1.54) is 47.9 Å². The molecular formula is C19H19N3O5S. The van der Waals surface area contributed by atoms with Gasteiger partial charge in [0, 0.05) is 12.1 Å². The second kappa shape index (κ2) is 8.57. The molecule has 0 saturated heterocycles. The third-order valence-electron chi connectivity index (χ3n) is 3.80. The third-order valence-corrected chi connectivity index (χ3v) is 4.61. The average molecular weight is 401 g/mol. The smallest absolute Gasteiger partial charge is 0.265 e. The molecule has 1 aliphatic heterocycles. The summed E-state index contributed by atoms with van der Waals surface area (Å²) in [5, 5.41) is 15.2. The second-order valence-electron chi connectivity index (χ2n) is 6.30. The topological polar surface area (TPSA) is 110 Å². The maximum atomic E-state index is 11.8. The molecule has 2 aromatic rings. The highest BCUT2D eigenvalue weighted by molar-refractivity contribution is 7.77. The Bertz CT molecular complexity index is 1040. The fourth-order valence-electron chi connectivity index (χ4n) is 2.78. The van der Waals surface area contributed by atoms with Gasteiger partial charge in [0.2, 0.25) is 10.3 Å². The van der Waals surface area contributed by atoms with E-state index in [1.54, 1.807) is 0 Å². The van der Waals surface area contributed by atoms with E-state index in [2.05, 4.69) is 44.1 Å². The molecule has 0 atom stereocenters. The van der Waals surface area contributed by atoms with Crippen molar-refractivity contribution in [2.45, 2.75) is 27.7 Å². The van der Waals surface area contributed by atoms with E-state index in [0.717, 1.165) is 5.01 Å². The largest absolute Gasteiger partial charge is 0.296 e. The number of amides is 1. The number of anilines is 1. The van der Waals surface area contributed by atoms with Crippen molar-refractivity contribution in [2.24, 2.45) is 5.10 Å². The Hall–Kier alpha value is -3.33. The van der Waals surface area contributed by atoms with Gasteiger partial charge in [-0.2, -0.15) is 18.5 Å². The molecule has 0 saturated carbocycles. The maximum Gasteiger partial charge on any atom is 0.296 e. The molecule has 0 unspecified atom stereocenters. The van der Waals surface area contributed by atoms with Gasteiger partial charge in [0.05, 0.1) is 16.3 Å². The highest BCUT2D eigenvalue weighted by Gasteiger charge is 2.31. The van der Waals surface area contributed by atoms with Gasteiger partial charge in [0.1, 0.15) is 0 Å². The zero-order valence-corrected chi connectivity index (χ0v) is 16.6. The molecule has 2 aromatic carbocycles. The van der Waals surface area contributed by atoms with E-state index in [0.29, 0.717) is 0 Å². The number of carbonyl (C=O) groups excluding carboxylic acids is 1. The molecule has 1 heterocycles. The minimum atomic E-state index is -2.67. The van der Waals surface area contributed by atoms with Gasteiger partial charge in [-0.15, -0.1) is 0 Å². The van der Waals surface area contributed by atoms with E-state index in [4.69, 9.17) is 0 Å². The van der Waals surface area contributed by atoms with E-state index < -0.39 is 26.0 Å². The molecular weight excluding hydrogens is 382 g/mol. The molecule has 8 nitrogen and oxygen atoms in total. The van der Waals surface area contributed by atoms with Crippen LogP contribution in [0.25, 0.3) is 0 Å². The summed E-state index contributed by atoms with van der Waals surface area (Å²) in [6, 6.07) is 11.6. The van der Waals surface area contributed by atoms with Crippen LogP contribution in [0.4, 0.5) is 11.4 Å². The highest BCUT2D eigenvalue weighted by atomic mass is 32.2. The summed E-state index contributed by atoms with van der Waals surface area (Å²) in [6.45, 7) is 7.77. The van der Waals surface area contributed by atoms with Crippen molar-refractivity contribution in [1.82, 2.24) is 0 Å². The van der Waals surface area contributed by atoms with Crippen LogP contribution in [0.1, 0.15) is 23.6 Å². The minimum Gasteiger partial charge on any atom is -0.265 e. The Balaban J connectivity index is 0.000000261. The standard InChI is InChI=1S/C10H7N3O5S.C9H12/c1-6-9(19(17)18)10(14)12(11-6)7-2-4-8(5-3-7)13(15)16;1-7-4-8(2)6-9(3)5-7/h2-5H,1H3;4-6H,1-3H3. The molecule has 0 bridgehead atoms. The highest BCUT2D eigenvalue weighted by Crippen LogP contribution is 2.22. The molecule has 9 heteroatoms. The summed E-state index contributed by atoms with van der Waals surface area (Å²) in [7, 11) is -2.67. The predicted molar refractivity (Wildman–Crippen MR) is 108 cm³/mol. The lowest BCUT2D eigenvalue weighted by Gasteiger charge is -2.10. The van der Waals surface area contributed by atoms with Crippen LogP contribution in [0.2, 0.25) is 0 Å². The third kappa shape index (κ3) is 4.89. The number of nitro groups is 1. The molecule has 0 aromatic heterocycles. The molecule has 28 heavy (non-hydrogen) atoms. The van der Waals surface area contributed by atoms with Crippen LogP contribution in [0, 0.1) is 30.9 Å². The molecule has 0 spiro atoms. The van der Waals surface area contributed by atoms with Gasteiger partial charge in [-0.05, 0) is 39.8 Å². The van der Waals surface area contributed by atoms with Gasteiger partial charge in [0.25, 0.3) is 11.6 Å².